The number of rotatable bonds is 10. The van der Waals surface area contributed by atoms with Crippen LogP contribution in [-0.2, 0) is 21.3 Å². The van der Waals surface area contributed by atoms with E-state index >= 15 is 0 Å². The number of amides is 1. The van der Waals surface area contributed by atoms with Crippen molar-refractivity contribution in [1.29, 1.82) is 0 Å². The Morgan fingerprint density at radius 3 is 2.57 bits per heavy atom. The van der Waals surface area contributed by atoms with Crippen molar-refractivity contribution >= 4 is 49.3 Å². The Balaban J connectivity index is 1.22. The van der Waals surface area contributed by atoms with Gasteiger partial charge in [-0.05, 0) is 40.1 Å². The molecule has 0 radical (unpaired) electrons. The molecule has 1 amide bonds. The van der Waals surface area contributed by atoms with Crippen LogP contribution in [-0.4, -0.2) is 109 Å². The zero-order valence-electron chi connectivity index (χ0n) is 25.4. The van der Waals surface area contributed by atoms with Gasteiger partial charge >= 0.3 is 6.09 Å². The Morgan fingerprint density at radius 2 is 1.89 bits per heavy atom. The van der Waals surface area contributed by atoms with Gasteiger partial charge in [-0.3, -0.25) is 15.2 Å². The quantitative estimate of drug-likeness (QED) is 0.263. The van der Waals surface area contributed by atoms with Gasteiger partial charge in [-0.15, -0.1) is 0 Å². The Hall–Kier alpha value is -3.76. The molecular weight excluding hydrogens is 603 g/mol. The molecule has 4 heterocycles. The van der Waals surface area contributed by atoms with Crippen molar-refractivity contribution in [3.05, 3.63) is 54.2 Å². The lowest BCUT2D eigenvalue weighted by atomic mass is 10.0. The van der Waals surface area contributed by atoms with Crippen LogP contribution in [0.5, 0.6) is 0 Å². The molecule has 4 aromatic rings. The summed E-state index contributed by atoms with van der Waals surface area (Å²) in [6.07, 6.45) is 2.77. The highest BCUT2D eigenvalue weighted by Crippen LogP contribution is 2.31. The maximum Gasteiger partial charge on any atom is 0.413 e. The van der Waals surface area contributed by atoms with Crippen LogP contribution in [0, 0.1) is 6.92 Å². The number of ether oxygens (including phenoxy) is 1. The molecule has 3 aromatic heterocycles. The molecule has 0 aliphatic carbocycles. The van der Waals surface area contributed by atoms with Crippen LogP contribution in [0.2, 0.25) is 0 Å². The third kappa shape index (κ3) is 7.13. The van der Waals surface area contributed by atoms with Gasteiger partial charge in [0.15, 0.2) is 9.34 Å². The van der Waals surface area contributed by atoms with Gasteiger partial charge in [-0.25, -0.2) is 28.2 Å². The number of carbonyl (C=O) groups excluding carboxylic acids is 1. The molecule has 2 N–H and O–H groups in total. The zero-order chi connectivity index (χ0) is 31.4. The molecule has 0 unspecified atom stereocenters. The number of sulfonamides is 1. The average Bonchev–Trinajstić information content (AvgIpc) is 3.37. The number of methoxy groups -OCH3 is 1. The van der Waals surface area contributed by atoms with Crippen molar-refractivity contribution in [3.63, 3.8) is 0 Å². The van der Waals surface area contributed by atoms with Crippen LogP contribution in [0.25, 0.3) is 22.0 Å². The Morgan fingerprint density at radius 1 is 1.11 bits per heavy atom. The number of pyridine rings is 1. The lowest BCUT2D eigenvalue weighted by Gasteiger charge is -2.35. The van der Waals surface area contributed by atoms with Gasteiger partial charge in [0, 0.05) is 68.0 Å². The van der Waals surface area contributed by atoms with Gasteiger partial charge in [-0.2, -0.15) is 4.31 Å². The zero-order valence-corrected chi connectivity index (χ0v) is 27.1. The summed E-state index contributed by atoms with van der Waals surface area (Å²) in [7, 11) is 1.53. The minimum atomic E-state index is -3.74. The topological polar surface area (TPSA) is 146 Å². The number of thiazole rings is 1. The lowest BCUT2D eigenvalue weighted by Crippen LogP contribution is -2.50. The van der Waals surface area contributed by atoms with E-state index in [0.717, 1.165) is 51.4 Å². The number of aromatic nitrogens is 4. The number of hydrogen-bond donors (Lipinski definition) is 2. The van der Waals surface area contributed by atoms with Crippen molar-refractivity contribution in [2.45, 2.75) is 30.6 Å². The van der Waals surface area contributed by atoms with Crippen LogP contribution in [0.3, 0.4) is 0 Å². The average molecular weight is 640 g/mol. The predicted octanol–water partition coefficient (Wildman–Crippen LogP) is 3.50. The second kappa shape index (κ2) is 13.5. The molecule has 0 spiro atoms. The van der Waals surface area contributed by atoms with E-state index in [-0.39, 0.29) is 15.4 Å². The van der Waals surface area contributed by atoms with E-state index in [1.54, 1.807) is 13.3 Å². The van der Waals surface area contributed by atoms with Crippen molar-refractivity contribution in [1.82, 2.24) is 34.0 Å². The molecule has 13 nitrogen and oxygen atoms in total. The molecule has 1 saturated heterocycles. The number of fused-ring (bicyclic) bond motifs is 1. The number of nitrogens with zero attached hydrogens (tertiary/aromatic N) is 7. The number of carbonyl (C=O) groups is 1. The summed E-state index contributed by atoms with van der Waals surface area (Å²) >= 11 is 0.926. The number of benzene rings is 1. The van der Waals surface area contributed by atoms with E-state index in [4.69, 9.17) is 0 Å². The Labute approximate surface area is 261 Å². The first-order valence-electron chi connectivity index (χ1n) is 14.2. The normalized spacial score (nSPS) is 15.4. The second-order valence-corrected chi connectivity index (χ2v) is 14.1. The van der Waals surface area contributed by atoms with Crippen molar-refractivity contribution in [3.8, 4) is 11.1 Å². The van der Waals surface area contributed by atoms with E-state index in [2.05, 4.69) is 58.1 Å². The first-order chi connectivity index (χ1) is 21.0. The second-order valence-electron chi connectivity index (χ2n) is 11.0. The molecule has 1 aliphatic rings. The maximum atomic E-state index is 13.4. The van der Waals surface area contributed by atoms with Crippen LogP contribution >= 0.6 is 11.3 Å². The van der Waals surface area contributed by atoms with E-state index in [0.29, 0.717) is 38.4 Å². The van der Waals surface area contributed by atoms with Crippen molar-refractivity contribution in [2.75, 3.05) is 64.6 Å². The van der Waals surface area contributed by atoms with Gasteiger partial charge in [0.2, 0.25) is 0 Å². The predicted molar refractivity (Wildman–Crippen MR) is 171 cm³/mol. The fourth-order valence-electron chi connectivity index (χ4n) is 5.19. The van der Waals surface area contributed by atoms with Crippen LogP contribution in [0.4, 0.5) is 15.7 Å². The molecule has 1 aromatic carbocycles. The van der Waals surface area contributed by atoms with E-state index in [1.165, 1.54) is 11.4 Å². The third-order valence-corrected chi connectivity index (χ3v) is 10.8. The van der Waals surface area contributed by atoms with E-state index < -0.39 is 16.1 Å². The van der Waals surface area contributed by atoms with Gasteiger partial charge in [0.25, 0.3) is 10.0 Å². The van der Waals surface area contributed by atoms with E-state index in [1.807, 2.05) is 44.6 Å². The van der Waals surface area contributed by atoms with Gasteiger partial charge < -0.3 is 15.0 Å². The fourth-order valence-corrected chi connectivity index (χ4v) is 8.14. The number of para-hydroxylation sites is 1. The molecule has 0 bridgehead atoms. The molecule has 5 rings (SSSR count). The largest absolute Gasteiger partial charge is 0.453 e. The van der Waals surface area contributed by atoms with Crippen LogP contribution in [0.1, 0.15) is 18.3 Å². The summed E-state index contributed by atoms with van der Waals surface area (Å²) in [6, 6.07) is 10.2. The van der Waals surface area contributed by atoms with Crippen molar-refractivity contribution < 1.29 is 17.9 Å². The monoisotopic (exact) mass is 639 g/mol. The highest BCUT2D eigenvalue weighted by molar-refractivity contribution is 7.91. The standard InChI is InChI=1S/C29H37N9O4S2/c1-19(16-37-11-13-38(14-12-37)44(40,41)27-20(2)34-28(43-27)35-29(39)42-5)33-26-24-8-6-7-23(25(24)31-18-32-26)21-9-10-22(30-15-21)17-36(3)4/h6-10,15,18-19H,11-14,16-17H2,1-5H3,(H,31,32,33)(H,34,35,39)/t19-/m0/s1. The van der Waals surface area contributed by atoms with Crippen LogP contribution < -0.4 is 10.6 Å². The number of aryl methyl sites for hydroxylation is 1. The minimum Gasteiger partial charge on any atom is -0.453 e. The van der Waals surface area contributed by atoms with E-state index in [9.17, 15) is 13.2 Å². The van der Waals surface area contributed by atoms with Crippen LogP contribution in [0.15, 0.2) is 47.1 Å². The smallest absolute Gasteiger partial charge is 0.413 e. The fraction of sp³-hybridized carbons (Fsp3) is 0.414. The van der Waals surface area contributed by atoms with Gasteiger partial charge in [-0.1, -0.05) is 29.5 Å². The lowest BCUT2D eigenvalue weighted by molar-refractivity contribution is 0.184. The first-order valence-corrected chi connectivity index (χ1v) is 16.5. The molecule has 234 valence electrons. The third-order valence-electron chi connectivity index (χ3n) is 7.25. The summed E-state index contributed by atoms with van der Waals surface area (Å²) in [5.74, 6) is 0.750. The summed E-state index contributed by atoms with van der Waals surface area (Å²) in [5, 5.41) is 7.09. The molecule has 15 heteroatoms. The Bertz CT molecular complexity index is 1720. The number of anilines is 2. The molecule has 1 aliphatic heterocycles. The van der Waals surface area contributed by atoms with Gasteiger partial charge in [0.1, 0.15) is 12.1 Å². The number of piperazine rings is 1. The number of hydrogen-bond acceptors (Lipinski definition) is 12. The van der Waals surface area contributed by atoms with Crippen molar-refractivity contribution in [2.24, 2.45) is 0 Å². The molecule has 0 saturated carbocycles. The summed E-state index contributed by atoms with van der Waals surface area (Å²) in [4.78, 5) is 33.8. The molecule has 44 heavy (non-hydrogen) atoms. The summed E-state index contributed by atoms with van der Waals surface area (Å²) < 4.78 is 32.9. The van der Waals surface area contributed by atoms with Gasteiger partial charge in [0.05, 0.1) is 24.0 Å². The number of nitrogens with one attached hydrogen (secondary N) is 2. The molecular formula is C29H37N9O4S2. The highest BCUT2D eigenvalue weighted by atomic mass is 32.2. The first kappa shape index (κ1) is 31.7. The molecule has 1 atom stereocenters. The minimum absolute atomic E-state index is 0.0441. The summed E-state index contributed by atoms with van der Waals surface area (Å²) in [5.41, 5.74) is 4.18. The maximum absolute atomic E-state index is 13.4. The Kier molecular flexibility index (Phi) is 9.70. The SMILES string of the molecule is COC(=O)Nc1nc(C)c(S(=O)(=O)N2CCN(C[C@H](C)Nc3ncnc4c(-c5ccc(CN(C)C)nc5)cccc34)CC2)s1. The highest BCUT2D eigenvalue weighted by Gasteiger charge is 2.32. The summed E-state index contributed by atoms with van der Waals surface area (Å²) in [6.45, 7) is 7.07. The molecule has 1 fully saturated rings.